The number of carboxylic acid groups (broad SMARTS) is 2. The van der Waals surface area contributed by atoms with Crippen LogP contribution in [-0.4, -0.2) is 51.1 Å². The molecule has 0 bridgehead atoms. The van der Waals surface area contributed by atoms with Gasteiger partial charge in [-0.25, -0.2) is 4.79 Å². The maximum Gasteiger partial charge on any atom is 0.503 e. The summed E-state index contributed by atoms with van der Waals surface area (Å²) in [4.78, 5) is 8.56. The van der Waals surface area contributed by atoms with E-state index in [1.165, 1.54) is 0 Å². The molecule has 0 amide bonds. The molecule has 2 N–H and O–H groups in total. The molecule has 5 heteroatoms. The normalized spacial score (nSPS) is 4.00. The molecule has 36 valence electrons. The first-order valence-corrected chi connectivity index (χ1v) is 0.651. The molecule has 0 rings (SSSR count). The Labute approximate surface area is 56.2 Å². The van der Waals surface area contributed by atoms with Crippen molar-refractivity contribution in [3.63, 3.8) is 0 Å². The monoisotopic (exact) mass is 122 g/mol. The Balaban J connectivity index is -0.0000000450. The second-order valence-electron chi connectivity index (χ2n) is 0.283. The second-order valence-corrected chi connectivity index (χ2v) is 0.283. The van der Waals surface area contributed by atoms with Gasteiger partial charge in [-0.2, -0.15) is 0 Å². The van der Waals surface area contributed by atoms with Gasteiger partial charge in [0.05, 0.1) is 0 Å². The van der Waals surface area contributed by atoms with Gasteiger partial charge >= 0.3 is 6.16 Å². The molecule has 0 unspecified atom stereocenters. The van der Waals surface area contributed by atoms with Gasteiger partial charge in [-0.3, -0.25) is 0 Å². The van der Waals surface area contributed by atoms with E-state index in [0.717, 1.165) is 0 Å². The molecule has 0 radical (unpaired) electrons. The van der Waals surface area contributed by atoms with Crippen molar-refractivity contribution in [1.82, 2.24) is 0 Å². The molecule has 0 aromatic heterocycles. The van der Waals surface area contributed by atoms with Gasteiger partial charge in [0.1, 0.15) is 0 Å². The fraction of sp³-hybridized carbons (Fsp3) is 0. The Kier molecular flexibility index (Phi) is 24.4. The average molecular weight is 122 g/mol. The van der Waals surface area contributed by atoms with E-state index in [2.05, 4.69) is 0 Å². The van der Waals surface area contributed by atoms with E-state index >= 15 is 0 Å². The summed E-state index contributed by atoms with van der Waals surface area (Å²) < 4.78 is 0. The van der Waals surface area contributed by atoms with Gasteiger partial charge in [0.15, 0.2) is 34.7 Å². The summed E-state index contributed by atoms with van der Waals surface area (Å²) in [5, 5.41) is 13.9. The Bertz CT molecular complexity index is 31.8. The van der Waals surface area contributed by atoms with Crippen LogP contribution in [-0.2, 0) is 0 Å². The van der Waals surface area contributed by atoms with Crippen molar-refractivity contribution in [3.05, 3.63) is 0 Å². The van der Waals surface area contributed by atoms with E-state index in [9.17, 15) is 0 Å². The lowest BCUT2D eigenvalue weighted by Gasteiger charge is -1.60. The van der Waals surface area contributed by atoms with Crippen molar-refractivity contribution in [2.24, 2.45) is 0 Å². The fourth-order valence-corrected chi connectivity index (χ4v) is 0. The molecular weight excluding hydrogens is 114 g/mol. The first kappa shape index (κ1) is 16.2. The van der Waals surface area contributed by atoms with Crippen molar-refractivity contribution >= 4 is 40.9 Å². The third kappa shape index (κ3) is 430. The molecule has 0 fully saturated rings. The van der Waals surface area contributed by atoms with E-state index in [-0.39, 0.29) is 34.7 Å². The lowest BCUT2D eigenvalue weighted by Crippen LogP contribution is -1.81. The number of hydrogen-bond donors (Lipinski definition) is 2. The summed E-state index contributed by atoms with van der Waals surface area (Å²) in [6, 6.07) is 0. The Morgan fingerprint density at radius 1 is 1.17 bits per heavy atom. The second kappa shape index (κ2) is 9.01. The van der Waals surface area contributed by atoms with Crippen LogP contribution in [0.4, 0.5) is 4.79 Å². The highest BCUT2D eigenvalue weighted by molar-refractivity contribution is 5.76. The Hall–Kier alpha value is 0.335. The van der Waals surface area contributed by atoms with Crippen LogP contribution in [0.3, 0.4) is 0 Å². The minimum Gasteiger partial charge on any atom is -0.450 e. The van der Waals surface area contributed by atoms with E-state index in [0.29, 0.717) is 0 Å². The van der Waals surface area contributed by atoms with Crippen LogP contribution in [0.1, 0.15) is 0 Å². The first-order chi connectivity index (χ1) is 1.73. The highest BCUT2D eigenvalue weighted by atomic mass is 27.0. The zero-order valence-corrected chi connectivity index (χ0v) is 1.80. The summed E-state index contributed by atoms with van der Waals surface area (Å²) >= 11 is 0. The molecule has 0 saturated carbocycles. The number of carbonyl (C=O) groups is 1. The molecule has 0 aliphatic carbocycles. The Morgan fingerprint density at radius 2 is 1.17 bits per heavy atom. The molecule has 0 aromatic rings. The third-order valence-corrected chi connectivity index (χ3v) is 0. The van der Waals surface area contributed by atoms with Gasteiger partial charge in [0.2, 0.25) is 0 Å². The number of rotatable bonds is 0. The van der Waals surface area contributed by atoms with Crippen molar-refractivity contribution in [1.29, 1.82) is 0 Å². The minimum atomic E-state index is -1.83. The molecule has 3 nitrogen and oxygen atoms in total. The van der Waals surface area contributed by atoms with E-state index in [1.54, 1.807) is 0 Å². The van der Waals surface area contributed by atoms with Crippen LogP contribution < -0.4 is 0 Å². The quantitative estimate of drug-likeness (QED) is 0.360. The van der Waals surface area contributed by atoms with E-state index in [4.69, 9.17) is 15.0 Å². The average Bonchev–Trinajstić information content (AvgIpc) is 0.811. The van der Waals surface area contributed by atoms with E-state index in [1.807, 2.05) is 0 Å². The van der Waals surface area contributed by atoms with Crippen molar-refractivity contribution < 1.29 is 15.0 Å². The molecule has 0 aliphatic heterocycles. The minimum absolute atomic E-state index is 0. The van der Waals surface area contributed by atoms with Crippen molar-refractivity contribution in [2.45, 2.75) is 0 Å². The molecular formula is CH8Al2O3. The van der Waals surface area contributed by atoms with Crippen LogP contribution in [0.5, 0.6) is 0 Å². The zero-order chi connectivity index (χ0) is 3.58. The van der Waals surface area contributed by atoms with Crippen LogP contribution >= 0.6 is 0 Å². The highest BCUT2D eigenvalue weighted by Crippen LogP contribution is 1.42. The van der Waals surface area contributed by atoms with Crippen molar-refractivity contribution in [2.75, 3.05) is 0 Å². The topological polar surface area (TPSA) is 57.5 Å². The standard InChI is InChI=1S/CH2O3.2Al.6H/c2-1(3)4;;;;;;;;/h(H2,2,3,4);;;;;;;;. The smallest absolute Gasteiger partial charge is 0.450 e. The lowest BCUT2D eigenvalue weighted by atomic mass is 11.5. The zero-order valence-electron chi connectivity index (χ0n) is 1.80. The molecule has 0 heterocycles. The fourth-order valence-electron chi connectivity index (χ4n) is 0. The maximum absolute atomic E-state index is 8.56. The molecule has 0 spiro atoms. The van der Waals surface area contributed by atoms with Crippen molar-refractivity contribution in [3.8, 4) is 0 Å². The first-order valence-electron chi connectivity index (χ1n) is 0.651. The van der Waals surface area contributed by atoms with Crippen LogP contribution in [0.2, 0.25) is 0 Å². The van der Waals surface area contributed by atoms with Gasteiger partial charge in [-0.15, -0.1) is 0 Å². The van der Waals surface area contributed by atoms with Gasteiger partial charge < -0.3 is 10.2 Å². The lowest BCUT2D eigenvalue weighted by molar-refractivity contribution is 0.137. The van der Waals surface area contributed by atoms with Crippen LogP contribution in [0.15, 0.2) is 0 Å². The summed E-state index contributed by atoms with van der Waals surface area (Å²) in [5.41, 5.74) is 0. The third-order valence-electron chi connectivity index (χ3n) is 0. The van der Waals surface area contributed by atoms with Crippen LogP contribution in [0.25, 0.3) is 0 Å². The summed E-state index contributed by atoms with van der Waals surface area (Å²) in [5.74, 6) is 0. The molecule has 0 saturated heterocycles. The summed E-state index contributed by atoms with van der Waals surface area (Å²) in [7, 11) is 0. The molecule has 0 aliphatic rings. The predicted octanol–water partition coefficient (Wildman–Crippen LogP) is -2.15. The Morgan fingerprint density at radius 3 is 1.17 bits per heavy atom. The number of hydrogen-bond acceptors (Lipinski definition) is 1. The van der Waals surface area contributed by atoms with Gasteiger partial charge in [0, 0.05) is 0 Å². The summed E-state index contributed by atoms with van der Waals surface area (Å²) in [6.45, 7) is 0. The molecule has 0 atom stereocenters. The van der Waals surface area contributed by atoms with Gasteiger partial charge in [-0.05, 0) is 0 Å². The highest BCUT2D eigenvalue weighted by Gasteiger charge is 1.70. The SMILES string of the molecule is O=C(O)O.[AlH3].[AlH3]. The summed E-state index contributed by atoms with van der Waals surface area (Å²) in [6.07, 6.45) is -1.83. The van der Waals surface area contributed by atoms with Crippen LogP contribution in [0, 0.1) is 0 Å². The molecule has 6 heavy (non-hydrogen) atoms. The van der Waals surface area contributed by atoms with E-state index < -0.39 is 6.16 Å². The molecule has 0 aromatic carbocycles. The largest absolute Gasteiger partial charge is 0.503 e. The predicted molar refractivity (Wildman–Crippen MR) is 30.5 cm³/mol. The maximum atomic E-state index is 8.56. The van der Waals surface area contributed by atoms with Gasteiger partial charge in [0.25, 0.3) is 0 Å². The van der Waals surface area contributed by atoms with Gasteiger partial charge in [-0.1, -0.05) is 0 Å².